The lowest BCUT2D eigenvalue weighted by Crippen LogP contribution is -2.55. The molecule has 11 heteroatoms. The Morgan fingerprint density at radius 3 is 2.55 bits per heavy atom. The van der Waals surface area contributed by atoms with E-state index in [1.165, 1.54) is 0 Å². The standard InChI is InChI=1S/C33H46N6O4S/c1-5-18-36(19-6-2)29(41)26-27-30(42)38(21-12-8-9-13-22-40)28(33(27)17-16-32(26,4)44-33)31(43)37(20-7-3)23-39-25-15-11-10-14-24(25)34-35-39/h5,7,10-11,14-15,26-28,40H,1,3,6,8-9,12-13,16-23H2,2,4H3/t26-,27-,28?,32+,33?/m0/s1. The number of aliphatic hydroxyl groups is 1. The van der Waals surface area contributed by atoms with Crippen molar-refractivity contribution in [3.05, 3.63) is 49.6 Å². The van der Waals surface area contributed by atoms with Crippen molar-refractivity contribution in [1.82, 2.24) is 29.7 Å². The van der Waals surface area contributed by atoms with Crippen molar-refractivity contribution >= 4 is 40.5 Å². The van der Waals surface area contributed by atoms with Crippen LogP contribution in [0.1, 0.15) is 58.8 Å². The smallest absolute Gasteiger partial charge is 0.248 e. The van der Waals surface area contributed by atoms with Crippen LogP contribution >= 0.6 is 11.8 Å². The van der Waals surface area contributed by atoms with Crippen LogP contribution in [0.15, 0.2) is 49.6 Å². The lowest BCUT2D eigenvalue weighted by Gasteiger charge is -2.38. The van der Waals surface area contributed by atoms with Crippen LogP contribution in [-0.4, -0.2) is 101 Å². The molecular weight excluding hydrogens is 576 g/mol. The van der Waals surface area contributed by atoms with Crippen molar-refractivity contribution in [1.29, 1.82) is 0 Å². The first-order chi connectivity index (χ1) is 21.3. The molecule has 3 saturated heterocycles. The second kappa shape index (κ2) is 13.4. The maximum absolute atomic E-state index is 14.8. The summed E-state index contributed by atoms with van der Waals surface area (Å²) in [6.07, 6.45) is 8.88. The molecule has 2 unspecified atom stereocenters. The van der Waals surface area contributed by atoms with Gasteiger partial charge in [0, 0.05) is 37.5 Å². The van der Waals surface area contributed by atoms with Crippen LogP contribution in [0, 0.1) is 11.8 Å². The number of thioether (sulfide) groups is 1. The average Bonchev–Trinajstić information content (AvgIpc) is 3.72. The number of carbonyl (C=O) groups excluding carboxylic acids is 3. The first kappa shape index (κ1) is 32.2. The summed E-state index contributed by atoms with van der Waals surface area (Å²) in [6, 6.07) is 6.93. The van der Waals surface area contributed by atoms with Gasteiger partial charge in [-0.25, -0.2) is 4.68 Å². The molecule has 5 atom stereocenters. The predicted octanol–water partition coefficient (Wildman–Crippen LogP) is 3.86. The molecule has 3 aliphatic rings. The third kappa shape index (κ3) is 5.57. The van der Waals surface area contributed by atoms with Crippen LogP contribution < -0.4 is 0 Å². The third-order valence-corrected chi connectivity index (χ3v) is 11.6. The molecule has 5 rings (SSSR count). The highest BCUT2D eigenvalue weighted by molar-refractivity contribution is 8.02. The lowest BCUT2D eigenvalue weighted by molar-refractivity contribution is -0.146. The van der Waals surface area contributed by atoms with Crippen molar-refractivity contribution in [2.24, 2.45) is 11.8 Å². The molecule has 44 heavy (non-hydrogen) atoms. The van der Waals surface area contributed by atoms with Crippen molar-refractivity contribution in [2.75, 3.05) is 32.8 Å². The minimum atomic E-state index is -0.698. The van der Waals surface area contributed by atoms with Gasteiger partial charge in [-0.05, 0) is 51.2 Å². The van der Waals surface area contributed by atoms with Crippen molar-refractivity contribution in [3.8, 4) is 0 Å². The van der Waals surface area contributed by atoms with E-state index >= 15 is 0 Å². The molecule has 3 fully saturated rings. The van der Waals surface area contributed by atoms with E-state index in [1.54, 1.807) is 38.4 Å². The molecule has 10 nitrogen and oxygen atoms in total. The van der Waals surface area contributed by atoms with Gasteiger partial charge in [0.15, 0.2) is 0 Å². The minimum Gasteiger partial charge on any atom is -0.396 e. The zero-order chi connectivity index (χ0) is 31.5. The Morgan fingerprint density at radius 1 is 1.09 bits per heavy atom. The molecule has 1 N–H and O–H groups in total. The Morgan fingerprint density at radius 2 is 1.82 bits per heavy atom. The van der Waals surface area contributed by atoms with Gasteiger partial charge in [-0.3, -0.25) is 14.4 Å². The molecule has 2 aromatic rings. The summed E-state index contributed by atoms with van der Waals surface area (Å²) < 4.78 is 0.596. The van der Waals surface area contributed by atoms with Crippen LogP contribution in [-0.2, 0) is 21.1 Å². The molecular formula is C33H46N6O4S. The summed E-state index contributed by atoms with van der Waals surface area (Å²) in [6.45, 7) is 14.0. The van der Waals surface area contributed by atoms with E-state index in [0.29, 0.717) is 32.5 Å². The third-order valence-electron chi connectivity index (χ3n) is 9.62. The highest BCUT2D eigenvalue weighted by atomic mass is 32.2. The average molecular weight is 623 g/mol. The second-order valence-electron chi connectivity index (χ2n) is 12.5. The summed E-state index contributed by atoms with van der Waals surface area (Å²) in [4.78, 5) is 48.9. The minimum absolute atomic E-state index is 0.00490. The summed E-state index contributed by atoms with van der Waals surface area (Å²) in [7, 11) is 0. The van der Waals surface area contributed by atoms with Gasteiger partial charge in [0.1, 0.15) is 18.2 Å². The molecule has 238 valence electrons. The van der Waals surface area contributed by atoms with Crippen molar-refractivity contribution in [2.45, 2.75) is 81.0 Å². The van der Waals surface area contributed by atoms with E-state index in [-0.39, 0.29) is 37.5 Å². The summed E-state index contributed by atoms with van der Waals surface area (Å²) in [5.41, 5.74) is 1.56. The van der Waals surface area contributed by atoms with Crippen LogP contribution in [0.2, 0.25) is 0 Å². The number of hydrogen-bond acceptors (Lipinski definition) is 7. The first-order valence-electron chi connectivity index (χ1n) is 16.0. The number of aliphatic hydroxyl groups excluding tert-OH is 1. The molecule has 0 aliphatic carbocycles. The number of carbonyl (C=O) groups is 3. The van der Waals surface area contributed by atoms with Gasteiger partial charge in [0.2, 0.25) is 17.7 Å². The molecule has 3 aliphatic heterocycles. The van der Waals surface area contributed by atoms with Gasteiger partial charge >= 0.3 is 0 Å². The number of unbranched alkanes of at least 4 members (excludes halogenated alkanes) is 3. The fourth-order valence-electron chi connectivity index (χ4n) is 7.71. The monoisotopic (exact) mass is 622 g/mol. The number of para-hydroxylation sites is 1. The number of amides is 3. The number of nitrogens with zero attached hydrogens (tertiary/aromatic N) is 6. The highest BCUT2D eigenvalue weighted by Crippen LogP contribution is 2.71. The Hall–Kier alpha value is -3.18. The van der Waals surface area contributed by atoms with Gasteiger partial charge in [0.05, 0.1) is 22.1 Å². The van der Waals surface area contributed by atoms with E-state index in [1.807, 2.05) is 36.1 Å². The molecule has 0 radical (unpaired) electrons. The van der Waals surface area contributed by atoms with Crippen LogP contribution in [0.25, 0.3) is 11.0 Å². The van der Waals surface area contributed by atoms with Crippen LogP contribution in [0.4, 0.5) is 0 Å². The zero-order valence-corrected chi connectivity index (χ0v) is 26.9. The van der Waals surface area contributed by atoms with E-state index in [0.717, 1.165) is 43.1 Å². The SMILES string of the molecule is C=CCN(Cn1nnc2ccccc21)C(=O)C1N(CCCCCCO)C(=O)[C@@H]2[C@@H](C(=O)N(CC=C)CCC)[C@@]3(C)CCC12S3. The van der Waals surface area contributed by atoms with Crippen LogP contribution in [0.5, 0.6) is 0 Å². The number of likely N-dealkylation sites (tertiary alicyclic amines) is 1. The second-order valence-corrected chi connectivity index (χ2v) is 14.4. The summed E-state index contributed by atoms with van der Waals surface area (Å²) >= 11 is 1.70. The molecule has 1 aromatic carbocycles. The lowest BCUT2D eigenvalue weighted by atomic mass is 9.66. The fraction of sp³-hybridized carbons (Fsp3) is 0.606. The highest BCUT2D eigenvalue weighted by Gasteiger charge is 2.77. The van der Waals surface area contributed by atoms with E-state index in [4.69, 9.17) is 0 Å². The van der Waals surface area contributed by atoms with Gasteiger partial charge < -0.3 is 19.8 Å². The largest absolute Gasteiger partial charge is 0.396 e. The molecule has 1 aromatic heterocycles. The number of benzene rings is 1. The fourth-order valence-corrected chi connectivity index (χ4v) is 10.1. The molecule has 2 bridgehead atoms. The van der Waals surface area contributed by atoms with Crippen molar-refractivity contribution in [3.63, 3.8) is 0 Å². The number of hydrogen-bond donors (Lipinski definition) is 1. The Kier molecular flexibility index (Phi) is 9.84. The summed E-state index contributed by atoms with van der Waals surface area (Å²) in [5, 5.41) is 17.8. The van der Waals surface area contributed by atoms with Crippen molar-refractivity contribution < 1.29 is 19.5 Å². The number of aromatic nitrogens is 3. The Bertz CT molecular complexity index is 1400. The molecule has 4 heterocycles. The van der Waals surface area contributed by atoms with Gasteiger partial charge in [-0.2, -0.15) is 0 Å². The molecule has 3 amide bonds. The number of rotatable bonds is 16. The summed E-state index contributed by atoms with van der Waals surface area (Å²) in [5.74, 6) is -1.29. The zero-order valence-electron chi connectivity index (χ0n) is 26.1. The number of fused-ring (bicyclic) bond motifs is 2. The quantitative estimate of drug-likeness (QED) is 0.224. The molecule has 0 saturated carbocycles. The van der Waals surface area contributed by atoms with E-state index < -0.39 is 27.4 Å². The Balaban J connectivity index is 1.51. The van der Waals surface area contributed by atoms with Gasteiger partial charge in [-0.1, -0.05) is 49.3 Å². The van der Waals surface area contributed by atoms with Crippen LogP contribution in [0.3, 0.4) is 0 Å². The van der Waals surface area contributed by atoms with E-state index in [2.05, 4.69) is 30.4 Å². The van der Waals surface area contributed by atoms with Gasteiger partial charge in [0.25, 0.3) is 0 Å². The maximum Gasteiger partial charge on any atom is 0.248 e. The van der Waals surface area contributed by atoms with E-state index in [9.17, 15) is 19.5 Å². The topological polar surface area (TPSA) is 112 Å². The normalized spacial score (nSPS) is 27.1. The molecule has 1 spiro atoms. The predicted molar refractivity (Wildman–Crippen MR) is 173 cm³/mol. The first-order valence-corrected chi connectivity index (χ1v) is 16.8. The maximum atomic E-state index is 14.8. The van der Waals surface area contributed by atoms with Gasteiger partial charge in [-0.15, -0.1) is 30.0 Å². The Labute approximate surface area is 264 Å².